The van der Waals surface area contributed by atoms with Gasteiger partial charge in [-0.15, -0.1) is 22.7 Å². The second-order valence-electron chi connectivity index (χ2n) is 7.24. The summed E-state index contributed by atoms with van der Waals surface area (Å²) in [6.07, 6.45) is 0. The summed E-state index contributed by atoms with van der Waals surface area (Å²) in [7, 11) is 0. The Morgan fingerprint density at radius 2 is 1.63 bits per heavy atom. The predicted molar refractivity (Wildman–Crippen MR) is 124 cm³/mol. The number of rotatable bonds is 5. The van der Waals surface area contributed by atoms with E-state index in [-0.39, 0.29) is 11.8 Å². The first kappa shape index (κ1) is 21.1. The van der Waals surface area contributed by atoms with E-state index >= 15 is 0 Å². The lowest BCUT2D eigenvalue weighted by atomic mass is 10.1. The first-order valence-electron chi connectivity index (χ1n) is 9.78. The molecule has 0 aliphatic carbocycles. The van der Waals surface area contributed by atoms with Crippen molar-refractivity contribution in [3.63, 3.8) is 0 Å². The van der Waals surface area contributed by atoms with E-state index in [1.807, 2.05) is 60.0 Å². The molecule has 156 valence electrons. The van der Waals surface area contributed by atoms with Gasteiger partial charge in [0.15, 0.2) is 0 Å². The van der Waals surface area contributed by atoms with Crippen molar-refractivity contribution in [3.05, 3.63) is 68.4 Å². The standard InChI is InChI=1S/C22H23N3O2S3/c1-15-13-28-22(23-15)29-14-17-4-6-18(7-5-17)20(26)24-9-11-25(12-10-24)21(27)19-8-3-16(2)30-19/h3-8,13H,9-12,14H2,1-2H3. The van der Waals surface area contributed by atoms with Gasteiger partial charge >= 0.3 is 0 Å². The van der Waals surface area contributed by atoms with Crippen molar-refractivity contribution < 1.29 is 9.59 Å². The number of thiophene rings is 1. The minimum absolute atomic E-state index is 0.0313. The van der Waals surface area contributed by atoms with E-state index in [0.717, 1.165) is 25.5 Å². The van der Waals surface area contributed by atoms with E-state index in [0.29, 0.717) is 31.7 Å². The first-order valence-corrected chi connectivity index (χ1v) is 12.5. The molecule has 1 aromatic carbocycles. The Morgan fingerprint density at radius 1 is 0.967 bits per heavy atom. The normalized spacial score (nSPS) is 14.2. The van der Waals surface area contributed by atoms with Crippen LogP contribution < -0.4 is 0 Å². The fourth-order valence-electron chi connectivity index (χ4n) is 3.29. The summed E-state index contributed by atoms with van der Waals surface area (Å²) in [5.41, 5.74) is 2.92. The smallest absolute Gasteiger partial charge is 0.264 e. The number of aromatic nitrogens is 1. The topological polar surface area (TPSA) is 53.5 Å². The molecule has 0 spiro atoms. The molecule has 1 fully saturated rings. The zero-order valence-electron chi connectivity index (χ0n) is 17.0. The van der Waals surface area contributed by atoms with E-state index in [1.165, 1.54) is 16.9 Å². The van der Waals surface area contributed by atoms with E-state index in [9.17, 15) is 9.59 Å². The maximum Gasteiger partial charge on any atom is 0.264 e. The number of thiazole rings is 1. The second kappa shape index (κ2) is 9.32. The highest BCUT2D eigenvalue weighted by molar-refractivity contribution is 8.00. The number of hydrogen-bond acceptors (Lipinski definition) is 6. The van der Waals surface area contributed by atoms with Gasteiger partial charge in [0.05, 0.1) is 4.88 Å². The molecule has 0 atom stereocenters. The van der Waals surface area contributed by atoms with E-state index < -0.39 is 0 Å². The predicted octanol–water partition coefficient (Wildman–Crippen LogP) is 4.71. The van der Waals surface area contributed by atoms with Gasteiger partial charge < -0.3 is 9.80 Å². The lowest BCUT2D eigenvalue weighted by Gasteiger charge is -2.34. The Labute approximate surface area is 188 Å². The molecule has 0 bridgehead atoms. The number of carbonyl (C=O) groups is 2. The fourth-order valence-corrected chi connectivity index (χ4v) is 5.93. The van der Waals surface area contributed by atoms with Crippen molar-refractivity contribution in [1.29, 1.82) is 0 Å². The summed E-state index contributed by atoms with van der Waals surface area (Å²) in [6.45, 7) is 6.28. The largest absolute Gasteiger partial charge is 0.335 e. The molecule has 0 N–H and O–H groups in total. The number of thioether (sulfide) groups is 1. The Bertz CT molecular complexity index is 1030. The molecule has 2 aromatic heterocycles. The highest BCUT2D eigenvalue weighted by atomic mass is 32.2. The molecule has 4 rings (SSSR count). The molecule has 30 heavy (non-hydrogen) atoms. The summed E-state index contributed by atoms with van der Waals surface area (Å²) in [6, 6.07) is 11.7. The van der Waals surface area contributed by atoms with Gasteiger partial charge in [-0.1, -0.05) is 23.9 Å². The Hall–Kier alpha value is -2.16. The van der Waals surface area contributed by atoms with Gasteiger partial charge in [0.1, 0.15) is 4.34 Å². The molecule has 1 saturated heterocycles. The van der Waals surface area contributed by atoms with Crippen LogP contribution in [0.1, 0.15) is 36.2 Å². The molecule has 0 unspecified atom stereocenters. The van der Waals surface area contributed by atoms with Crippen molar-refractivity contribution >= 4 is 46.2 Å². The number of nitrogens with zero attached hydrogens (tertiary/aromatic N) is 3. The number of hydrogen-bond donors (Lipinski definition) is 0. The maximum atomic E-state index is 12.9. The molecule has 2 amide bonds. The Kier molecular flexibility index (Phi) is 6.55. The number of amides is 2. The highest BCUT2D eigenvalue weighted by Gasteiger charge is 2.26. The molecular formula is C22H23N3O2S3. The SMILES string of the molecule is Cc1csc(SCc2ccc(C(=O)N3CCN(C(=O)c4ccc(C)s4)CC3)cc2)n1. The highest BCUT2D eigenvalue weighted by Crippen LogP contribution is 2.26. The maximum absolute atomic E-state index is 12.9. The first-order chi connectivity index (χ1) is 14.5. The molecule has 1 aliphatic rings. The summed E-state index contributed by atoms with van der Waals surface area (Å²) >= 11 is 4.90. The molecule has 1 aliphatic heterocycles. The third-order valence-electron chi connectivity index (χ3n) is 4.97. The lowest BCUT2D eigenvalue weighted by molar-refractivity contribution is 0.0538. The number of carbonyl (C=O) groups excluding carboxylic acids is 2. The van der Waals surface area contributed by atoms with Gasteiger partial charge in [-0.05, 0) is 43.7 Å². The molecule has 0 radical (unpaired) electrons. The average molecular weight is 458 g/mol. The molecule has 5 nitrogen and oxygen atoms in total. The lowest BCUT2D eigenvalue weighted by Crippen LogP contribution is -2.50. The second-order valence-corrected chi connectivity index (χ2v) is 10.6. The van der Waals surface area contributed by atoms with E-state index in [4.69, 9.17) is 0 Å². The summed E-state index contributed by atoms with van der Waals surface area (Å²) in [5, 5.41) is 2.05. The molecule has 8 heteroatoms. The summed E-state index contributed by atoms with van der Waals surface area (Å²) < 4.78 is 1.07. The van der Waals surface area contributed by atoms with Crippen LogP contribution in [0.15, 0.2) is 46.1 Å². The van der Waals surface area contributed by atoms with Crippen LogP contribution in [-0.4, -0.2) is 52.8 Å². The van der Waals surface area contributed by atoms with Crippen LogP contribution in [0.5, 0.6) is 0 Å². The number of aryl methyl sites for hydroxylation is 2. The van der Waals surface area contributed by atoms with Gasteiger partial charge in [0, 0.05) is 53.4 Å². The number of benzene rings is 1. The molecular weight excluding hydrogens is 434 g/mol. The monoisotopic (exact) mass is 457 g/mol. The third-order valence-corrected chi connectivity index (χ3v) is 8.17. The van der Waals surface area contributed by atoms with Crippen LogP contribution in [0.2, 0.25) is 0 Å². The summed E-state index contributed by atoms with van der Waals surface area (Å²) in [5.74, 6) is 0.936. The van der Waals surface area contributed by atoms with Crippen LogP contribution in [0, 0.1) is 13.8 Å². The van der Waals surface area contributed by atoms with Crippen molar-refractivity contribution in [2.24, 2.45) is 0 Å². The van der Waals surface area contributed by atoms with Crippen LogP contribution in [0.25, 0.3) is 0 Å². The zero-order valence-corrected chi connectivity index (χ0v) is 19.4. The van der Waals surface area contributed by atoms with Crippen LogP contribution in [0.4, 0.5) is 0 Å². The quantitative estimate of drug-likeness (QED) is 0.521. The van der Waals surface area contributed by atoms with Gasteiger partial charge in [-0.25, -0.2) is 4.98 Å². The average Bonchev–Trinajstić information content (AvgIpc) is 3.39. The third kappa shape index (κ3) is 4.94. The minimum atomic E-state index is 0.0313. The zero-order chi connectivity index (χ0) is 21.1. The molecule has 3 heterocycles. The van der Waals surface area contributed by atoms with Gasteiger partial charge in [0.25, 0.3) is 11.8 Å². The van der Waals surface area contributed by atoms with Crippen LogP contribution in [-0.2, 0) is 5.75 Å². The van der Waals surface area contributed by atoms with Gasteiger partial charge in [0.2, 0.25) is 0 Å². The van der Waals surface area contributed by atoms with Crippen molar-refractivity contribution in [1.82, 2.24) is 14.8 Å². The number of piperazine rings is 1. The Balaban J connectivity index is 1.30. The minimum Gasteiger partial charge on any atom is -0.335 e. The van der Waals surface area contributed by atoms with Crippen LogP contribution in [0.3, 0.4) is 0 Å². The van der Waals surface area contributed by atoms with E-state index in [1.54, 1.807) is 23.1 Å². The molecule has 0 saturated carbocycles. The van der Waals surface area contributed by atoms with Crippen molar-refractivity contribution in [2.45, 2.75) is 23.9 Å². The van der Waals surface area contributed by atoms with Gasteiger partial charge in [-0.2, -0.15) is 0 Å². The van der Waals surface area contributed by atoms with Crippen molar-refractivity contribution in [2.75, 3.05) is 26.2 Å². The fraction of sp³-hybridized carbons (Fsp3) is 0.318. The Morgan fingerprint density at radius 3 is 2.20 bits per heavy atom. The summed E-state index contributed by atoms with van der Waals surface area (Å²) in [4.78, 5) is 35.5. The van der Waals surface area contributed by atoms with E-state index in [2.05, 4.69) is 10.4 Å². The van der Waals surface area contributed by atoms with Crippen molar-refractivity contribution in [3.8, 4) is 0 Å². The van der Waals surface area contributed by atoms with Crippen LogP contribution >= 0.6 is 34.4 Å². The van der Waals surface area contributed by atoms with Gasteiger partial charge in [-0.3, -0.25) is 9.59 Å². The molecule has 3 aromatic rings.